The Bertz CT molecular complexity index is 1880. The van der Waals surface area contributed by atoms with E-state index in [1.807, 2.05) is 30.3 Å². The fourth-order valence-electron chi connectivity index (χ4n) is 5.94. The van der Waals surface area contributed by atoms with Gasteiger partial charge in [-0.3, -0.25) is 10.00 Å². The molecule has 1 atom stereocenters. The molecule has 2 saturated heterocycles. The van der Waals surface area contributed by atoms with Crippen molar-refractivity contribution in [2.75, 3.05) is 25.4 Å². The van der Waals surface area contributed by atoms with Crippen LogP contribution in [0.25, 0.3) is 22.4 Å². The number of likely N-dealkylation sites (tertiary alicyclic amines) is 1. The van der Waals surface area contributed by atoms with Gasteiger partial charge in [-0.2, -0.15) is 5.26 Å². The van der Waals surface area contributed by atoms with Gasteiger partial charge in [-0.15, -0.1) is 5.10 Å². The lowest BCUT2D eigenvalue weighted by Gasteiger charge is -2.32. The summed E-state index contributed by atoms with van der Waals surface area (Å²) in [6.07, 6.45) is 3.19. The van der Waals surface area contributed by atoms with Gasteiger partial charge in [-0.25, -0.2) is 19.3 Å². The number of thioether (sulfide) groups is 1. The third-order valence-corrected chi connectivity index (χ3v) is 9.47. The Morgan fingerprint density at radius 2 is 1.96 bits per heavy atom. The third-order valence-electron chi connectivity index (χ3n) is 8.52. The lowest BCUT2D eigenvalue weighted by molar-refractivity contribution is -0.0592. The number of rotatable bonds is 11. The zero-order chi connectivity index (χ0) is 31.5. The molecule has 0 bridgehead atoms. The normalized spacial score (nSPS) is 17.2. The van der Waals surface area contributed by atoms with Crippen molar-refractivity contribution in [1.29, 1.82) is 5.26 Å². The van der Waals surface area contributed by atoms with Crippen LogP contribution in [0.4, 0.5) is 4.39 Å². The van der Waals surface area contributed by atoms with Crippen molar-refractivity contribution in [3.8, 4) is 23.3 Å². The number of hydrogen-bond donors (Lipinski definition) is 1. The number of nitriles is 1. The van der Waals surface area contributed by atoms with Crippen molar-refractivity contribution >= 4 is 34.4 Å². The molecule has 0 aliphatic carbocycles. The topological polar surface area (TPSA) is 118 Å². The van der Waals surface area contributed by atoms with Gasteiger partial charge in [-0.1, -0.05) is 35.5 Å². The van der Waals surface area contributed by atoms with Crippen molar-refractivity contribution < 1.29 is 13.9 Å². The number of benzene rings is 2. The first kappa shape index (κ1) is 30.6. The van der Waals surface area contributed by atoms with Crippen LogP contribution in [0.15, 0.2) is 59.8 Å². The van der Waals surface area contributed by atoms with Crippen LogP contribution >= 0.6 is 23.4 Å². The van der Waals surface area contributed by atoms with Crippen LogP contribution in [0, 0.1) is 17.1 Å². The molecular weight excluding hydrogens is 627 g/mol. The van der Waals surface area contributed by atoms with Crippen LogP contribution in [0.5, 0.6) is 5.88 Å². The highest BCUT2D eigenvalue weighted by atomic mass is 35.5. The van der Waals surface area contributed by atoms with Gasteiger partial charge in [0.1, 0.15) is 18.2 Å². The monoisotopic (exact) mass is 658 g/mol. The quantitative estimate of drug-likeness (QED) is 0.162. The summed E-state index contributed by atoms with van der Waals surface area (Å²) < 4.78 is 28.1. The first-order valence-electron chi connectivity index (χ1n) is 15.3. The van der Waals surface area contributed by atoms with E-state index in [4.69, 9.17) is 36.3 Å². The number of nitrogens with one attached hydrogen (secondary N) is 1. The fourth-order valence-corrected chi connectivity index (χ4v) is 6.55. The Balaban J connectivity index is 1.02. The molecule has 2 aromatic carbocycles. The molecule has 10 nitrogen and oxygen atoms in total. The van der Waals surface area contributed by atoms with Gasteiger partial charge in [0.15, 0.2) is 5.82 Å². The maximum atomic E-state index is 14.2. The molecule has 0 radical (unpaired) electrons. The second-order valence-electron chi connectivity index (χ2n) is 11.5. The summed E-state index contributed by atoms with van der Waals surface area (Å²) in [6.45, 7) is 4.25. The summed E-state index contributed by atoms with van der Waals surface area (Å²) in [5.74, 6) is 2.39. The number of hydrogen-bond acceptors (Lipinski definition) is 9. The van der Waals surface area contributed by atoms with Gasteiger partial charge >= 0.3 is 0 Å². The van der Waals surface area contributed by atoms with Crippen molar-refractivity contribution in [2.24, 2.45) is 0 Å². The van der Waals surface area contributed by atoms with Gasteiger partial charge < -0.3 is 14.0 Å². The third kappa shape index (κ3) is 6.88. The highest BCUT2D eigenvalue weighted by Crippen LogP contribution is 2.31. The first-order valence-corrected chi connectivity index (χ1v) is 16.7. The Hall–Kier alpha value is -4.02. The molecule has 5 aromatic rings. The molecule has 1 N–H and O–H groups in total. The van der Waals surface area contributed by atoms with E-state index in [2.05, 4.69) is 36.8 Å². The van der Waals surface area contributed by atoms with E-state index in [1.54, 1.807) is 12.1 Å². The summed E-state index contributed by atoms with van der Waals surface area (Å²) in [4.78, 5) is 16.8. The number of imidazole rings is 1. The number of aromatic nitrogens is 6. The van der Waals surface area contributed by atoms with Crippen molar-refractivity contribution in [1.82, 2.24) is 34.6 Å². The second-order valence-corrected chi connectivity index (χ2v) is 12.9. The predicted molar refractivity (Wildman–Crippen MR) is 173 cm³/mol. The van der Waals surface area contributed by atoms with Crippen LogP contribution in [0.2, 0.25) is 5.02 Å². The molecule has 2 fully saturated rings. The highest BCUT2D eigenvalue weighted by molar-refractivity contribution is 7.99. The Morgan fingerprint density at radius 1 is 1.09 bits per heavy atom. The van der Waals surface area contributed by atoms with Crippen LogP contribution in [0.1, 0.15) is 42.3 Å². The number of H-pyrrole nitrogens is 1. The molecule has 3 aromatic heterocycles. The largest absolute Gasteiger partial charge is 0.473 e. The van der Waals surface area contributed by atoms with E-state index in [0.717, 1.165) is 80.2 Å². The van der Waals surface area contributed by atoms with Crippen LogP contribution in [0.3, 0.4) is 0 Å². The summed E-state index contributed by atoms with van der Waals surface area (Å²) in [7, 11) is 0. The van der Waals surface area contributed by atoms with E-state index in [9.17, 15) is 4.39 Å². The number of fused-ring (bicyclic) bond motifs is 1. The minimum atomic E-state index is -0.388. The number of halogens is 2. The van der Waals surface area contributed by atoms with Crippen molar-refractivity contribution in [3.63, 3.8) is 0 Å². The minimum absolute atomic E-state index is 0.0904. The van der Waals surface area contributed by atoms with Gasteiger partial charge in [0, 0.05) is 40.4 Å². The molecule has 5 heterocycles. The van der Waals surface area contributed by atoms with E-state index < -0.39 is 0 Å². The Kier molecular flexibility index (Phi) is 9.16. The standard InChI is InChI=1S/C33H32ClFN8O2S/c34-24-6-4-23(26(35)17-24)20-45-31-3-1-2-27(38-31)21-8-12-42(13-9-21)19-30-37-28-16-22(32-39-33(41-40-32)46-15-11-36)5-7-29(28)43(30)18-25-10-14-44-25/h1-7,16-17,21,25H,8-10,12-15,18-20H2,(H,39,40,41)/t25-/m0/s1. The molecule has 46 heavy (non-hydrogen) atoms. The average molecular weight is 659 g/mol. The summed E-state index contributed by atoms with van der Waals surface area (Å²) in [6, 6.07) is 18.7. The smallest absolute Gasteiger partial charge is 0.213 e. The molecule has 7 rings (SSSR count). The fraction of sp³-hybridized carbons (Fsp3) is 0.364. The van der Waals surface area contributed by atoms with E-state index in [1.165, 1.54) is 17.8 Å². The average Bonchev–Trinajstić information content (AvgIpc) is 3.66. The summed E-state index contributed by atoms with van der Waals surface area (Å²) in [5, 5.41) is 17.0. The lowest BCUT2D eigenvalue weighted by Crippen LogP contribution is -2.35. The minimum Gasteiger partial charge on any atom is -0.473 e. The zero-order valence-electron chi connectivity index (χ0n) is 25.0. The number of aromatic amines is 1. The molecule has 236 valence electrons. The Morgan fingerprint density at radius 3 is 2.74 bits per heavy atom. The second kappa shape index (κ2) is 13.8. The Labute approximate surface area is 274 Å². The molecule has 2 aliphatic heterocycles. The SMILES string of the molecule is N#CCSc1n[nH]c(-c2ccc3c(c2)nc(CN2CCC(c4cccc(OCc5ccc(Cl)cc5F)n4)CC2)n3C[C@@H]2CCO2)n1. The van der Waals surface area contributed by atoms with E-state index >= 15 is 0 Å². The predicted octanol–water partition coefficient (Wildman–Crippen LogP) is 6.37. The number of ether oxygens (including phenoxy) is 2. The maximum absolute atomic E-state index is 14.2. The number of nitrogens with zero attached hydrogens (tertiary/aromatic N) is 7. The molecule has 2 aliphatic rings. The first-order chi connectivity index (χ1) is 22.5. The molecule has 0 unspecified atom stereocenters. The zero-order valence-corrected chi connectivity index (χ0v) is 26.6. The van der Waals surface area contributed by atoms with Crippen molar-refractivity contribution in [2.45, 2.75) is 56.1 Å². The summed E-state index contributed by atoms with van der Waals surface area (Å²) >= 11 is 7.17. The van der Waals surface area contributed by atoms with Crippen LogP contribution in [-0.2, 0) is 24.4 Å². The van der Waals surface area contributed by atoms with Gasteiger partial charge in [-0.05, 0) is 68.8 Å². The van der Waals surface area contributed by atoms with Gasteiger partial charge in [0.2, 0.25) is 11.0 Å². The lowest BCUT2D eigenvalue weighted by atomic mass is 9.93. The number of pyridine rings is 1. The molecule has 0 spiro atoms. The highest BCUT2D eigenvalue weighted by Gasteiger charge is 2.26. The van der Waals surface area contributed by atoms with E-state index in [0.29, 0.717) is 39.1 Å². The van der Waals surface area contributed by atoms with Gasteiger partial charge in [0.25, 0.3) is 0 Å². The van der Waals surface area contributed by atoms with Crippen LogP contribution in [-0.4, -0.2) is 66.2 Å². The summed E-state index contributed by atoms with van der Waals surface area (Å²) in [5.41, 5.74) is 4.32. The number of piperidine rings is 1. The maximum Gasteiger partial charge on any atom is 0.213 e. The van der Waals surface area contributed by atoms with E-state index in [-0.39, 0.29) is 18.5 Å². The molecule has 0 amide bonds. The van der Waals surface area contributed by atoms with Crippen LogP contribution < -0.4 is 4.74 Å². The van der Waals surface area contributed by atoms with Gasteiger partial charge in [0.05, 0.1) is 42.0 Å². The molecule has 13 heteroatoms. The molecule has 0 saturated carbocycles. The van der Waals surface area contributed by atoms with Crippen molar-refractivity contribution in [3.05, 3.63) is 82.5 Å². The molecular formula is C33H32ClFN8O2S.